The Kier molecular flexibility index (Phi) is 6.76. The van der Waals surface area contributed by atoms with E-state index in [4.69, 9.17) is 9.47 Å². The summed E-state index contributed by atoms with van der Waals surface area (Å²) >= 11 is 0. The number of sulfonamides is 1. The molecule has 2 aromatic carbocycles. The summed E-state index contributed by atoms with van der Waals surface area (Å²) in [5.41, 5.74) is 1.87. The first-order chi connectivity index (χ1) is 16.5. The zero-order valence-electron chi connectivity index (χ0n) is 19.3. The molecule has 3 aliphatic rings. The van der Waals surface area contributed by atoms with Crippen molar-refractivity contribution in [3.8, 4) is 11.5 Å². The summed E-state index contributed by atoms with van der Waals surface area (Å²) in [6.45, 7) is 4.08. The van der Waals surface area contributed by atoms with E-state index in [1.165, 1.54) is 0 Å². The molecule has 0 aromatic heterocycles. The van der Waals surface area contributed by atoms with E-state index in [0.29, 0.717) is 45.9 Å². The van der Waals surface area contributed by atoms with Gasteiger partial charge in [0.2, 0.25) is 15.9 Å². The molecule has 0 radical (unpaired) electrons. The maximum atomic E-state index is 13.2. The highest BCUT2D eigenvalue weighted by atomic mass is 32.2. The predicted octanol–water partition coefficient (Wildman–Crippen LogP) is 2.27. The van der Waals surface area contributed by atoms with Crippen LogP contribution in [0.15, 0.2) is 48.5 Å². The number of hydrogen-bond donors (Lipinski definition) is 0. The van der Waals surface area contributed by atoms with Gasteiger partial charge in [-0.15, -0.1) is 0 Å². The number of likely N-dealkylation sites (tertiary alicyclic amines) is 1. The Balaban J connectivity index is 1.17. The lowest BCUT2D eigenvalue weighted by Gasteiger charge is -2.35. The number of rotatable bonds is 6. The Morgan fingerprint density at radius 2 is 1.65 bits per heavy atom. The summed E-state index contributed by atoms with van der Waals surface area (Å²) in [4.78, 5) is 17.2. The van der Waals surface area contributed by atoms with Gasteiger partial charge < -0.3 is 14.4 Å². The van der Waals surface area contributed by atoms with Crippen molar-refractivity contribution in [2.75, 3.05) is 52.5 Å². The molecule has 9 heteroatoms. The lowest BCUT2D eigenvalue weighted by molar-refractivity contribution is -0.133. The molecule has 8 nitrogen and oxygen atoms in total. The van der Waals surface area contributed by atoms with Gasteiger partial charge in [0.25, 0.3) is 0 Å². The highest BCUT2D eigenvalue weighted by Crippen LogP contribution is 2.38. The van der Waals surface area contributed by atoms with Crippen molar-refractivity contribution >= 4 is 15.9 Å². The van der Waals surface area contributed by atoms with E-state index in [2.05, 4.69) is 4.90 Å². The summed E-state index contributed by atoms with van der Waals surface area (Å²) in [5.74, 6) is 1.61. The van der Waals surface area contributed by atoms with Crippen LogP contribution in [0.4, 0.5) is 0 Å². The van der Waals surface area contributed by atoms with Gasteiger partial charge in [-0.05, 0) is 36.1 Å². The molecule has 0 bridgehead atoms. The molecule has 3 aliphatic heterocycles. The first kappa shape index (κ1) is 23.1. The van der Waals surface area contributed by atoms with Gasteiger partial charge in [0, 0.05) is 32.7 Å². The molecule has 3 heterocycles. The van der Waals surface area contributed by atoms with E-state index < -0.39 is 10.0 Å². The quantitative estimate of drug-likeness (QED) is 0.625. The van der Waals surface area contributed by atoms with Crippen LogP contribution in [0.25, 0.3) is 0 Å². The van der Waals surface area contributed by atoms with Crippen LogP contribution in [0.3, 0.4) is 0 Å². The molecule has 2 saturated heterocycles. The zero-order valence-corrected chi connectivity index (χ0v) is 20.1. The maximum absolute atomic E-state index is 13.2. The molecule has 34 heavy (non-hydrogen) atoms. The van der Waals surface area contributed by atoms with Crippen molar-refractivity contribution in [3.05, 3.63) is 59.7 Å². The molecule has 2 fully saturated rings. The van der Waals surface area contributed by atoms with E-state index in [1.807, 2.05) is 53.4 Å². The number of nitrogens with zero attached hydrogens (tertiary/aromatic N) is 3. The lowest BCUT2D eigenvalue weighted by atomic mass is 10.0. The Bertz CT molecular complexity index is 1120. The Morgan fingerprint density at radius 1 is 0.912 bits per heavy atom. The maximum Gasteiger partial charge on any atom is 0.237 e. The Hall–Kier alpha value is -2.62. The van der Waals surface area contributed by atoms with E-state index in [0.717, 1.165) is 42.0 Å². The Morgan fingerprint density at radius 3 is 2.41 bits per heavy atom. The second kappa shape index (κ2) is 9.93. The zero-order chi connectivity index (χ0) is 23.5. The minimum atomic E-state index is -3.37. The van der Waals surface area contributed by atoms with Crippen molar-refractivity contribution < 1.29 is 22.7 Å². The van der Waals surface area contributed by atoms with Crippen LogP contribution in [0.5, 0.6) is 11.5 Å². The smallest absolute Gasteiger partial charge is 0.237 e. The number of amides is 1. The molecule has 182 valence electrons. The number of benzene rings is 2. The molecular formula is C25H31N3O5S. The SMILES string of the molecule is O=C(CN1CCN(S(=O)(=O)Cc2ccccc2)CC1)N1CCCC1c1ccc2c(c1)OCCO2. The third-order valence-electron chi connectivity index (χ3n) is 6.80. The number of ether oxygens (including phenoxy) is 2. The summed E-state index contributed by atoms with van der Waals surface area (Å²) in [6.07, 6.45) is 1.90. The number of carbonyl (C=O) groups excluding carboxylic acids is 1. The number of fused-ring (bicyclic) bond motifs is 1. The number of piperazine rings is 1. The minimum absolute atomic E-state index is 0.0117. The molecule has 1 unspecified atom stereocenters. The minimum Gasteiger partial charge on any atom is -0.486 e. The molecule has 1 atom stereocenters. The summed E-state index contributed by atoms with van der Waals surface area (Å²) < 4.78 is 38.5. The first-order valence-electron chi connectivity index (χ1n) is 11.9. The summed E-state index contributed by atoms with van der Waals surface area (Å²) in [6, 6.07) is 15.2. The topological polar surface area (TPSA) is 79.4 Å². The first-order valence-corrected chi connectivity index (χ1v) is 13.5. The van der Waals surface area contributed by atoms with Crippen molar-refractivity contribution in [2.24, 2.45) is 0 Å². The largest absolute Gasteiger partial charge is 0.486 e. The van der Waals surface area contributed by atoms with Crippen LogP contribution in [-0.4, -0.2) is 80.9 Å². The monoisotopic (exact) mass is 485 g/mol. The average molecular weight is 486 g/mol. The fourth-order valence-corrected chi connectivity index (χ4v) is 6.52. The van der Waals surface area contributed by atoms with Crippen LogP contribution in [0, 0.1) is 0 Å². The molecule has 0 N–H and O–H groups in total. The van der Waals surface area contributed by atoms with Crippen LogP contribution in [-0.2, 0) is 20.6 Å². The van der Waals surface area contributed by atoms with Crippen LogP contribution in [0.2, 0.25) is 0 Å². The molecule has 0 aliphatic carbocycles. The number of hydrogen-bond acceptors (Lipinski definition) is 6. The van der Waals surface area contributed by atoms with Crippen molar-refractivity contribution in [1.82, 2.24) is 14.1 Å². The van der Waals surface area contributed by atoms with Gasteiger partial charge in [0.1, 0.15) is 13.2 Å². The summed E-state index contributed by atoms with van der Waals surface area (Å²) in [7, 11) is -3.37. The highest BCUT2D eigenvalue weighted by Gasteiger charge is 2.33. The van der Waals surface area contributed by atoms with Crippen LogP contribution in [0.1, 0.15) is 30.0 Å². The van der Waals surface area contributed by atoms with Gasteiger partial charge in [-0.1, -0.05) is 36.4 Å². The van der Waals surface area contributed by atoms with Gasteiger partial charge in [-0.25, -0.2) is 8.42 Å². The van der Waals surface area contributed by atoms with Gasteiger partial charge in [0.05, 0.1) is 18.3 Å². The average Bonchev–Trinajstić information content (AvgIpc) is 3.35. The van der Waals surface area contributed by atoms with E-state index in [-0.39, 0.29) is 17.7 Å². The van der Waals surface area contributed by atoms with Crippen LogP contribution < -0.4 is 9.47 Å². The number of carbonyl (C=O) groups is 1. The lowest BCUT2D eigenvalue weighted by Crippen LogP contribution is -2.51. The van der Waals surface area contributed by atoms with Gasteiger partial charge >= 0.3 is 0 Å². The molecule has 0 saturated carbocycles. The van der Waals surface area contributed by atoms with Crippen molar-refractivity contribution in [1.29, 1.82) is 0 Å². The molecule has 5 rings (SSSR count). The van der Waals surface area contributed by atoms with E-state index >= 15 is 0 Å². The highest BCUT2D eigenvalue weighted by molar-refractivity contribution is 7.88. The second-order valence-corrected chi connectivity index (χ2v) is 11.0. The normalized spacial score (nSPS) is 21.5. The predicted molar refractivity (Wildman–Crippen MR) is 128 cm³/mol. The fourth-order valence-electron chi connectivity index (χ4n) is 5.00. The molecule has 1 amide bonds. The van der Waals surface area contributed by atoms with E-state index in [9.17, 15) is 13.2 Å². The second-order valence-electron chi connectivity index (χ2n) is 9.07. The van der Waals surface area contributed by atoms with Gasteiger partial charge in [0.15, 0.2) is 11.5 Å². The molecule has 0 spiro atoms. The fraction of sp³-hybridized carbons (Fsp3) is 0.480. The molecular weight excluding hydrogens is 454 g/mol. The van der Waals surface area contributed by atoms with Crippen molar-refractivity contribution in [3.63, 3.8) is 0 Å². The Labute approximate surface area is 201 Å². The van der Waals surface area contributed by atoms with Crippen LogP contribution >= 0.6 is 0 Å². The van der Waals surface area contributed by atoms with Crippen molar-refractivity contribution in [2.45, 2.75) is 24.6 Å². The third kappa shape index (κ3) is 5.06. The third-order valence-corrected chi connectivity index (χ3v) is 8.65. The molecule has 2 aromatic rings. The standard InChI is InChI=1S/C25H31N3O5S/c29-25(28-10-4-7-22(28)21-8-9-23-24(17-21)33-16-15-32-23)18-26-11-13-27(14-12-26)34(30,31)19-20-5-2-1-3-6-20/h1-3,5-6,8-9,17,22H,4,7,10-16,18-19H2. The van der Waals surface area contributed by atoms with Gasteiger partial charge in [-0.2, -0.15) is 4.31 Å². The summed E-state index contributed by atoms with van der Waals surface area (Å²) in [5, 5.41) is 0. The van der Waals surface area contributed by atoms with E-state index in [1.54, 1.807) is 4.31 Å². The van der Waals surface area contributed by atoms with Gasteiger partial charge in [-0.3, -0.25) is 9.69 Å².